The van der Waals surface area contributed by atoms with Crippen LogP contribution in [0, 0.1) is 17.7 Å². The highest BCUT2D eigenvalue weighted by Crippen LogP contribution is 2.41. The van der Waals surface area contributed by atoms with Crippen LogP contribution in [-0.4, -0.2) is 0 Å². The predicted molar refractivity (Wildman–Crippen MR) is 64.4 cm³/mol. The summed E-state index contributed by atoms with van der Waals surface area (Å²) in [6.45, 7) is 4.49. The molecule has 16 heavy (non-hydrogen) atoms. The highest BCUT2D eigenvalue weighted by Gasteiger charge is 2.37. The van der Waals surface area contributed by atoms with Crippen molar-refractivity contribution in [2.45, 2.75) is 38.6 Å². The van der Waals surface area contributed by atoms with E-state index >= 15 is 0 Å². The van der Waals surface area contributed by atoms with Gasteiger partial charge in [-0.05, 0) is 48.8 Å². The van der Waals surface area contributed by atoms with E-state index in [2.05, 4.69) is 13.8 Å². The van der Waals surface area contributed by atoms with E-state index in [0.29, 0.717) is 5.92 Å². The summed E-state index contributed by atoms with van der Waals surface area (Å²) in [6, 6.07) is 6.69. The summed E-state index contributed by atoms with van der Waals surface area (Å²) in [5.41, 5.74) is 7.33. The minimum Gasteiger partial charge on any atom is -0.321 e. The smallest absolute Gasteiger partial charge is 0.123 e. The van der Waals surface area contributed by atoms with E-state index in [4.69, 9.17) is 5.73 Å². The molecule has 2 N–H and O–H groups in total. The van der Waals surface area contributed by atoms with Crippen LogP contribution in [0.4, 0.5) is 4.39 Å². The zero-order valence-corrected chi connectivity index (χ0v) is 10.0. The van der Waals surface area contributed by atoms with Gasteiger partial charge in [0, 0.05) is 5.54 Å². The van der Waals surface area contributed by atoms with E-state index in [9.17, 15) is 4.39 Å². The second-order valence-electron chi connectivity index (χ2n) is 5.33. The fourth-order valence-corrected chi connectivity index (χ4v) is 2.85. The van der Waals surface area contributed by atoms with E-state index in [1.54, 1.807) is 0 Å². The molecule has 3 atom stereocenters. The highest BCUT2D eigenvalue weighted by atomic mass is 19.1. The lowest BCUT2D eigenvalue weighted by molar-refractivity contribution is 0.164. The second kappa shape index (κ2) is 4.17. The first-order valence-corrected chi connectivity index (χ1v) is 6.07. The molecular formula is C14H20FN. The SMILES string of the molecule is CC1CCC(N)(c2ccc(F)cc2)C(C)C1. The number of hydrogen-bond acceptors (Lipinski definition) is 1. The standard InChI is InChI=1S/C14H20FN/c1-10-7-8-14(16,11(2)9-10)12-3-5-13(15)6-4-12/h3-6,10-11H,7-9,16H2,1-2H3. The van der Waals surface area contributed by atoms with Gasteiger partial charge in [-0.1, -0.05) is 26.0 Å². The van der Waals surface area contributed by atoms with Crippen molar-refractivity contribution in [1.82, 2.24) is 0 Å². The average molecular weight is 221 g/mol. The predicted octanol–water partition coefficient (Wildman–Crippen LogP) is 3.44. The molecule has 0 bridgehead atoms. The lowest BCUT2D eigenvalue weighted by atomic mass is 9.67. The number of benzene rings is 1. The summed E-state index contributed by atoms with van der Waals surface area (Å²) in [4.78, 5) is 0. The first-order chi connectivity index (χ1) is 7.52. The zero-order valence-electron chi connectivity index (χ0n) is 10.0. The van der Waals surface area contributed by atoms with Crippen LogP contribution in [-0.2, 0) is 5.54 Å². The Morgan fingerprint density at radius 3 is 2.44 bits per heavy atom. The zero-order chi connectivity index (χ0) is 11.8. The minimum absolute atomic E-state index is 0.191. The van der Waals surface area contributed by atoms with Gasteiger partial charge >= 0.3 is 0 Å². The van der Waals surface area contributed by atoms with Crippen LogP contribution in [0.25, 0.3) is 0 Å². The molecule has 0 saturated heterocycles. The van der Waals surface area contributed by atoms with Crippen LogP contribution in [0.1, 0.15) is 38.7 Å². The van der Waals surface area contributed by atoms with Crippen molar-refractivity contribution < 1.29 is 4.39 Å². The maximum Gasteiger partial charge on any atom is 0.123 e. The summed E-state index contributed by atoms with van der Waals surface area (Å²) < 4.78 is 12.9. The monoisotopic (exact) mass is 221 g/mol. The third-order valence-electron chi connectivity index (χ3n) is 4.07. The fraction of sp³-hybridized carbons (Fsp3) is 0.571. The molecule has 0 aliphatic heterocycles. The number of rotatable bonds is 1. The maximum absolute atomic E-state index is 12.9. The molecule has 3 unspecified atom stereocenters. The van der Waals surface area contributed by atoms with E-state index in [1.807, 2.05) is 12.1 Å². The molecule has 1 saturated carbocycles. The molecule has 1 aliphatic rings. The Kier molecular flexibility index (Phi) is 3.02. The van der Waals surface area contributed by atoms with Gasteiger partial charge in [0.15, 0.2) is 0 Å². The molecule has 1 aromatic rings. The van der Waals surface area contributed by atoms with E-state index in [0.717, 1.165) is 30.7 Å². The van der Waals surface area contributed by atoms with Crippen LogP contribution >= 0.6 is 0 Å². The van der Waals surface area contributed by atoms with Crippen molar-refractivity contribution in [1.29, 1.82) is 0 Å². The first kappa shape index (κ1) is 11.6. The Morgan fingerprint density at radius 1 is 1.25 bits per heavy atom. The van der Waals surface area contributed by atoms with E-state index < -0.39 is 0 Å². The minimum atomic E-state index is -0.264. The summed E-state index contributed by atoms with van der Waals surface area (Å²) in [5, 5.41) is 0. The Morgan fingerprint density at radius 2 is 1.88 bits per heavy atom. The Bertz CT molecular complexity index is 360. The maximum atomic E-state index is 12.9. The Balaban J connectivity index is 2.27. The molecular weight excluding hydrogens is 201 g/mol. The molecule has 2 heteroatoms. The molecule has 1 aromatic carbocycles. The van der Waals surface area contributed by atoms with Crippen molar-refractivity contribution in [2.75, 3.05) is 0 Å². The summed E-state index contributed by atoms with van der Waals surface area (Å²) in [5.74, 6) is 1.03. The van der Waals surface area contributed by atoms with Crippen molar-refractivity contribution in [3.8, 4) is 0 Å². The van der Waals surface area contributed by atoms with Gasteiger partial charge in [0.25, 0.3) is 0 Å². The molecule has 0 spiro atoms. The van der Waals surface area contributed by atoms with Gasteiger partial charge in [-0.25, -0.2) is 4.39 Å². The molecule has 88 valence electrons. The van der Waals surface area contributed by atoms with Crippen LogP contribution in [0.3, 0.4) is 0 Å². The van der Waals surface area contributed by atoms with Gasteiger partial charge < -0.3 is 5.73 Å². The molecule has 1 nitrogen and oxygen atoms in total. The molecule has 0 aromatic heterocycles. The Labute approximate surface area is 96.9 Å². The van der Waals surface area contributed by atoms with Crippen LogP contribution in [0.15, 0.2) is 24.3 Å². The van der Waals surface area contributed by atoms with Gasteiger partial charge in [-0.3, -0.25) is 0 Å². The number of hydrogen-bond donors (Lipinski definition) is 1. The largest absolute Gasteiger partial charge is 0.321 e. The van der Waals surface area contributed by atoms with Gasteiger partial charge in [0.05, 0.1) is 0 Å². The Hall–Kier alpha value is -0.890. The van der Waals surface area contributed by atoms with Crippen molar-refractivity contribution in [3.05, 3.63) is 35.6 Å². The molecule has 2 rings (SSSR count). The highest BCUT2D eigenvalue weighted by molar-refractivity contribution is 5.26. The molecule has 0 amide bonds. The summed E-state index contributed by atoms with van der Waals surface area (Å²) in [6.07, 6.45) is 3.33. The molecule has 1 fully saturated rings. The average Bonchev–Trinajstić information content (AvgIpc) is 2.25. The van der Waals surface area contributed by atoms with Crippen LogP contribution < -0.4 is 5.73 Å². The van der Waals surface area contributed by atoms with Crippen LogP contribution in [0.2, 0.25) is 0 Å². The third kappa shape index (κ3) is 1.99. The topological polar surface area (TPSA) is 26.0 Å². The second-order valence-corrected chi connectivity index (χ2v) is 5.33. The van der Waals surface area contributed by atoms with Crippen LogP contribution in [0.5, 0.6) is 0 Å². The van der Waals surface area contributed by atoms with Gasteiger partial charge in [0.1, 0.15) is 5.82 Å². The molecule has 1 aliphatic carbocycles. The van der Waals surface area contributed by atoms with E-state index in [-0.39, 0.29) is 11.4 Å². The lowest BCUT2D eigenvalue weighted by Gasteiger charge is -2.42. The van der Waals surface area contributed by atoms with Gasteiger partial charge in [0.2, 0.25) is 0 Å². The first-order valence-electron chi connectivity index (χ1n) is 6.07. The number of halogens is 1. The van der Waals surface area contributed by atoms with Crippen molar-refractivity contribution >= 4 is 0 Å². The number of nitrogens with two attached hydrogens (primary N) is 1. The normalized spacial score (nSPS) is 35.0. The van der Waals surface area contributed by atoms with Gasteiger partial charge in [-0.15, -0.1) is 0 Å². The third-order valence-corrected chi connectivity index (χ3v) is 4.07. The summed E-state index contributed by atoms with van der Waals surface area (Å²) in [7, 11) is 0. The van der Waals surface area contributed by atoms with Gasteiger partial charge in [-0.2, -0.15) is 0 Å². The van der Waals surface area contributed by atoms with E-state index in [1.165, 1.54) is 12.1 Å². The quantitative estimate of drug-likeness (QED) is 0.772. The lowest BCUT2D eigenvalue weighted by Crippen LogP contribution is -2.46. The molecule has 0 heterocycles. The van der Waals surface area contributed by atoms with Crippen molar-refractivity contribution in [3.63, 3.8) is 0 Å². The molecule has 0 radical (unpaired) electrons. The summed E-state index contributed by atoms with van der Waals surface area (Å²) >= 11 is 0. The fourth-order valence-electron chi connectivity index (χ4n) is 2.85. The van der Waals surface area contributed by atoms with Crippen molar-refractivity contribution in [2.24, 2.45) is 17.6 Å².